The molecular weight excluding hydrogens is 326 g/mol. The van der Waals surface area contributed by atoms with Crippen molar-refractivity contribution in [3.8, 4) is 0 Å². The number of rotatable bonds is 6. The number of hydrogen-bond acceptors (Lipinski definition) is 3. The highest BCUT2D eigenvalue weighted by Gasteiger charge is 2.21. The summed E-state index contributed by atoms with van der Waals surface area (Å²) in [5.74, 6) is 0.441. The second-order valence-electron chi connectivity index (χ2n) is 6.33. The van der Waals surface area contributed by atoms with Gasteiger partial charge in [0.25, 0.3) is 5.91 Å². The van der Waals surface area contributed by atoms with E-state index in [1.165, 1.54) is 12.7 Å². The van der Waals surface area contributed by atoms with Gasteiger partial charge >= 0.3 is 0 Å². The number of amides is 1. The molecule has 3 rings (SSSR count). The molecule has 0 saturated heterocycles. The molecule has 1 aromatic heterocycles. The summed E-state index contributed by atoms with van der Waals surface area (Å²) >= 11 is 0. The molecule has 0 spiro atoms. The van der Waals surface area contributed by atoms with Crippen LogP contribution in [-0.4, -0.2) is 22.8 Å². The Hall–Kier alpha value is -2.92. The van der Waals surface area contributed by atoms with Crippen molar-refractivity contribution in [2.75, 3.05) is 12.4 Å². The van der Waals surface area contributed by atoms with Gasteiger partial charge in [0.1, 0.15) is 5.82 Å². The van der Waals surface area contributed by atoms with Crippen LogP contribution < -0.4 is 5.32 Å². The van der Waals surface area contributed by atoms with E-state index in [-0.39, 0.29) is 5.91 Å². The SMILES string of the molecule is CO[C@H](C(=O)Nc1cc(C)nn1Cc1cccc(C)c1)c1ccccc1. The molecule has 0 saturated carbocycles. The minimum absolute atomic E-state index is 0.218. The van der Waals surface area contributed by atoms with Gasteiger partial charge in [-0.1, -0.05) is 60.2 Å². The quantitative estimate of drug-likeness (QED) is 0.735. The number of aromatic nitrogens is 2. The molecule has 0 unspecified atom stereocenters. The van der Waals surface area contributed by atoms with Crippen molar-refractivity contribution in [2.45, 2.75) is 26.5 Å². The summed E-state index contributed by atoms with van der Waals surface area (Å²) in [7, 11) is 1.53. The lowest BCUT2D eigenvalue weighted by atomic mass is 10.1. The number of aryl methyl sites for hydroxylation is 2. The Kier molecular flexibility index (Phi) is 5.49. The first-order valence-corrected chi connectivity index (χ1v) is 8.55. The highest BCUT2D eigenvalue weighted by atomic mass is 16.5. The third-order valence-corrected chi connectivity index (χ3v) is 4.14. The van der Waals surface area contributed by atoms with Crippen molar-refractivity contribution in [1.82, 2.24) is 9.78 Å². The molecule has 0 radical (unpaired) electrons. The van der Waals surface area contributed by atoms with Crippen LogP contribution in [0.25, 0.3) is 0 Å². The van der Waals surface area contributed by atoms with Gasteiger partial charge in [0.05, 0.1) is 12.2 Å². The van der Waals surface area contributed by atoms with Crippen LogP contribution in [0.4, 0.5) is 5.82 Å². The van der Waals surface area contributed by atoms with E-state index >= 15 is 0 Å². The summed E-state index contributed by atoms with van der Waals surface area (Å²) in [4.78, 5) is 12.7. The van der Waals surface area contributed by atoms with E-state index < -0.39 is 6.10 Å². The molecule has 5 nitrogen and oxygen atoms in total. The summed E-state index contributed by atoms with van der Waals surface area (Å²) < 4.78 is 7.21. The van der Waals surface area contributed by atoms with Crippen LogP contribution >= 0.6 is 0 Å². The van der Waals surface area contributed by atoms with E-state index in [0.717, 1.165) is 16.8 Å². The topological polar surface area (TPSA) is 56.1 Å². The fraction of sp³-hybridized carbons (Fsp3) is 0.238. The van der Waals surface area contributed by atoms with Gasteiger partial charge in [-0.15, -0.1) is 0 Å². The molecule has 1 atom stereocenters. The van der Waals surface area contributed by atoms with Crippen molar-refractivity contribution in [2.24, 2.45) is 0 Å². The summed E-state index contributed by atoms with van der Waals surface area (Å²) in [6, 6.07) is 19.6. The molecule has 0 aliphatic rings. The maximum Gasteiger partial charge on any atom is 0.259 e. The molecule has 1 N–H and O–H groups in total. The van der Waals surface area contributed by atoms with E-state index in [1.807, 2.05) is 49.4 Å². The van der Waals surface area contributed by atoms with Gasteiger partial charge in [-0.3, -0.25) is 4.79 Å². The van der Waals surface area contributed by atoms with Crippen molar-refractivity contribution >= 4 is 11.7 Å². The highest BCUT2D eigenvalue weighted by molar-refractivity contribution is 5.94. The van der Waals surface area contributed by atoms with Gasteiger partial charge in [-0.05, 0) is 25.0 Å². The van der Waals surface area contributed by atoms with Crippen molar-refractivity contribution in [3.05, 3.63) is 83.0 Å². The van der Waals surface area contributed by atoms with Crippen LogP contribution in [0.2, 0.25) is 0 Å². The third kappa shape index (κ3) is 4.18. The summed E-state index contributed by atoms with van der Waals surface area (Å²) in [5.41, 5.74) is 3.99. The van der Waals surface area contributed by atoms with Crippen molar-refractivity contribution in [1.29, 1.82) is 0 Å². The van der Waals surface area contributed by atoms with Gasteiger partial charge in [0, 0.05) is 13.2 Å². The van der Waals surface area contributed by atoms with Crippen LogP contribution in [0.3, 0.4) is 0 Å². The lowest BCUT2D eigenvalue weighted by molar-refractivity contribution is -0.126. The number of benzene rings is 2. The van der Waals surface area contributed by atoms with Crippen LogP contribution in [0.5, 0.6) is 0 Å². The summed E-state index contributed by atoms with van der Waals surface area (Å²) in [6.45, 7) is 4.56. The van der Waals surface area contributed by atoms with Crippen LogP contribution in [-0.2, 0) is 16.1 Å². The fourth-order valence-corrected chi connectivity index (χ4v) is 2.96. The highest BCUT2D eigenvalue weighted by Crippen LogP contribution is 2.20. The van der Waals surface area contributed by atoms with Gasteiger partial charge in [-0.25, -0.2) is 4.68 Å². The predicted molar refractivity (Wildman–Crippen MR) is 102 cm³/mol. The first-order chi connectivity index (χ1) is 12.6. The Morgan fingerprint density at radius 3 is 2.58 bits per heavy atom. The number of nitrogens with zero attached hydrogens (tertiary/aromatic N) is 2. The summed E-state index contributed by atoms with van der Waals surface area (Å²) in [5, 5.41) is 7.46. The van der Waals surface area contributed by atoms with E-state index in [0.29, 0.717) is 12.4 Å². The number of carbonyl (C=O) groups excluding carboxylic acids is 1. The Morgan fingerprint density at radius 2 is 1.88 bits per heavy atom. The third-order valence-electron chi connectivity index (χ3n) is 4.14. The predicted octanol–water partition coefficient (Wildman–Crippen LogP) is 3.87. The minimum atomic E-state index is -0.668. The minimum Gasteiger partial charge on any atom is -0.367 e. The number of anilines is 1. The first kappa shape index (κ1) is 17.9. The molecule has 3 aromatic rings. The molecule has 26 heavy (non-hydrogen) atoms. The first-order valence-electron chi connectivity index (χ1n) is 8.55. The monoisotopic (exact) mass is 349 g/mol. The van der Waals surface area contributed by atoms with Crippen molar-refractivity contribution in [3.63, 3.8) is 0 Å². The summed E-state index contributed by atoms with van der Waals surface area (Å²) in [6.07, 6.45) is -0.668. The molecule has 2 aromatic carbocycles. The van der Waals surface area contributed by atoms with Crippen LogP contribution in [0, 0.1) is 13.8 Å². The van der Waals surface area contributed by atoms with Gasteiger partial charge in [0.15, 0.2) is 6.10 Å². The molecule has 1 amide bonds. The maximum atomic E-state index is 12.7. The number of carbonyl (C=O) groups is 1. The molecule has 0 fully saturated rings. The van der Waals surface area contributed by atoms with E-state index in [4.69, 9.17) is 4.74 Å². The number of methoxy groups -OCH3 is 1. The molecule has 0 bridgehead atoms. The standard InChI is InChI=1S/C21H23N3O2/c1-15-8-7-9-17(12-15)14-24-19(13-16(2)23-24)22-21(25)20(26-3)18-10-5-4-6-11-18/h4-13,20H,14H2,1-3H3,(H,22,25)/t20-/m0/s1. The zero-order chi connectivity index (χ0) is 18.5. The lowest BCUT2D eigenvalue weighted by Gasteiger charge is -2.16. The van der Waals surface area contributed by atoms with E-state index in [2.05, 4.69) is 35.5 Å². The average molecular weight is 349 g/mol. The van der Waals surface area contributed by atoms with Crippen LogP contribution in [0.15, 0.2) is 60.7 Å². The molecule has 134 valence electrons. The van der Waals surface area contributed by atoms with E-state index in [9.17, 15) is 4.79 Å². The zero-order valence-electron chi connectivity index (χ0n) is 15.3. The van der Waals surface area contributed by atoms with Gasteiger partial charge < -0.3 is 10.1 Å². The second-order valence-corrected chi connectivity index (χ2v) is 6.33. The molecule has 5 heteroatoms. The van der Waals surface area contributed by atoms with Crippen LogP contribution in [0.1, 0.15) is 28.5 Å². The van der Waals surface area contributed by atoms with Gasteiger partial charge in [-0.2, -0.15) is 5.10 Å². The molecule has 0 aliphatic heterocycles. The Balaban J connectivity index is 1.80. The Morgan fingerprint density at radius 1 is 1.12 bits per heavy atom. The smallest absolute Gasteiger partial charge is 0.259 e. The number of nitrogens with one attached hydrogen (secondary N) is 1. The second kappa shape index (κ2) is 7.97. The van der Waals surface area contributed by atoms with Crippen molar-refractivity contribution < 1.29 is 9.53 Å². The maximum absolute atomic E-state index is 12.7. The molecule has 0 aliphatic carbocycles. The largest absolute Gasteiger partial charge is 0.367 e. The normalized spacial score (nSPS) is 12.0. The lowest BCUT2D eigenvalue weighted by Crippen LogP contribution is -2.24. The number of ether oxygens (including phenoxy) is 1. The zero-order valence-corrected chi connectivity index (χ0v) is 15.3. The van der Waals surface area contributed by atoms with E-state index in [1.54, 1.807) is 4.68 Å². The molecule has 1 heterocycles. The Labute approximate surface area is 153 Å². The Bertz CT molecular complexity index is 887. The number of hydrogen-bond donors (Lipinski definition) is 1. The molecular formula is C21H23N3O2. The fourth-order valence-electron chi connectivity index (χ4n) is 2.96. The average Bonchev–Trinajstić information content (AvgIpc) is 2.95. The van der Waals surface area contributed by atoms with Gasteiger partial charge in [0.2, 0.25) is 0 Å².